The highest BCUT2D eigenvalue weighted by atomic mass is 16.5. The highest BCUT2D eigenvalue weighted by molar-refractivity contribution is 5.40. The number of ether oxygens (including phenoxy) is 2. The molecule has 1 aliphatic heterocycles. The average Bonchev–Trinajstić information content (AvgIpc) is 2.52. The van der Waals surface area contributed by atoms with Gasteiger partial charge in [0.15, 0.2) is 0 Å². The number of benzene rings is 1. The summed E-state index contributed by atoms with van der Waals surface area (Å²) >= 11 is 0. The molecule has 0 aliphatic carbocycles. The first-order valence-corrected chi connectivity index (χ1v) is 7.18. The minimum atomic E-state index is 0.798. The lowest BCUT2D eigenvalue weighted by atomic mass is 10.2. The van der Waals surface area contributed by atoms with E-state index in [2.05, 4.69) is 15.5 Å². The van der Waals surface area contributed by atoms with E-state index < -0.39 is 0 Å². The van der Waals surface area contributed by atoms with Crippen molar-refractivity contribution in [2.24, 2.45) is 0 Å². The van der Waals surface area contributed by atoms with Crippen LogP contribution in [0.2, 0.25) is 0 Å². The summed E-state index contributed by atoms with van der Waals surface area (Å²) in [7, 11) is 3.38. The summed E-state index contributed by atoms with van der Waals surface area (Å²) in [6, 6.07) is 5.89. The highest BCUT2D eigenvalue weighted by Gasteiger charge is 2.09. The molecule has 0 saturated carbocycles. The Labute approximate surface area is 121 Å². The molecule has 1 fully saturated rings. The molecule has 1 saturated heterocycles. The van der Waals surface area contributed by atoms with Gasteiger partial charge >= 0.3 is 0 Å². The molecular formula is C15H25N3O2. The molecule has 112 valence electrons. The third-order valence-corrected chi connectivity index (χ3v) is 3.62. The molecule has 2 rings (SSSR count). The number of hydrogen-bond donors (Lipinski definition) is 2. The van der Waals surface area contributed by atoms with Crippen molar-refractivity contribution in [3.05, 3.63) is 23.8 Å². The van der Waals surface area contributed by atoms with Gasteiger partial charge in [0.1, 0.15) is 11.5 Å². The van der Waals surface area contributed by atoms with Crippen LogP contribution in [0, 0.1) is 0 Å². The maximum Gasteiger partial charge on any atom is 0.123 e. The molecule has 0 unspecified atom stereocenters. The van der Waals surface area contributed by atoms with Crippen molar-refractivity contribution >= 4 is 0 Å². The SMILES string of the molecule is COc1ccc(OC)c(CNCCN2CCNCC2)c1. The first kappa shape index (κ1) is 15.1. The lowest BCUT2D eigenvalue weighted by molar-refractivity contribution is 0.241. The molecule has 1 aromatic rings. The van der Waals surface area contributed by atoms with Gasteiger partial charge in [-0.3, -0.25) is 4.90 Å². The van der Waals surface area contributed by atoms with Gasteiger partial charge in [0, 0.05) is 51.4 Å². The van der Waals surface area contributed by atoms with Crippen molar-refractivity contribution in [3.63, 3.8) is 0 Å². The van der Waals surface area contributed by atoms with Gasteiger partial charge < -0.3 is 20.1 Å². The fraction of sp³-hybridized carbons (Fsp3) is 0.600. The number of methoxy groups -OCH3 is 2. The zero-order valence-electron chi connectivity index (χ0n) is 12.4. The van der Waals surface area contributed by atoms with Crippen LogP contribution in [-0.2, 0) is 6.54 Å². The summed E-state index contributed by atoms with van der Waals surface area (Å²) in [5, 5.41) is 6.84. The van der Waals surface area contributed by atoms with E-state index in [9.17, 15) is 0 Å². The van der Waals surface area contributed by atoms with E-state index in [0.29, 0.717) is 0 Å². The van der Waals surface area contributed by atoms with Crippen LogP contribution in [0.4, 0.5) is 0 Å². The Bertz CT molecular complexity index is 406. The minimum absolute atomic E-state index is 0.798. The van der Waals surface area contributed by atoms with Gasteiger partial charge in [0.2, 0.25) is 0 Å². The van der Waals surface area contributed by atoms with Crippen molar-refractivity contribution in [1.82, 2.24) is 15.5 Å². The summed E-state index contributed by atoms with van der Waals surface area (Å²) < 4.78 is 10.6. The van der Waals surface area contributed by atoms with Crippen LogP contribution >= 0.6 is 0 Å². The Kier molecular flexibility index (Phi) is 6.11. The Hall–Kier alpha value is -1.30. The molecule has 0 amide bonds. The predicted octanol–water partition coefficient (Wildman–Crippen LogP) is 0.699. The third-order valence-electron chi connectivity index (χ3n) is 3.62. The second-order valence-corrected chi connectivity index (χ2v) is 4.95. The van der Waals surface area contributed by atoms with Gasteiger partial charge in [-0.15, -0.1) is 0 Å². The number of rotatable bonds is 7. The molecule has 0 radical (unpaired) electrons. The van der Waals surface area contributed by atoms with Gasteiger partial charge in [-0.2, -0.15) is 0 Å². The smallest absolute Gasteiger partial charge is 0.123 e. The van der Waals surface area contributed by atoms with Crippen LogP contribution in [-0.4, -0.2) is 58.4 Å². The summed E-state index contributed by atoms with van der Waals surface area (Å²) in [5.74, 6) is 1.77. The largest absolute Gasteiger partial charge is 0.497 e. The molecule has 5 heteroatoms. The average molecular weight is 279 g/mol. The summed E-state index contributed by atoms with van der Waals surface area (Å²) in [4.78, 5) is 2.48. The van der Waals surface area contributed by atoms with Crippen molar-refractivity contribution in [3.8, 4) is 11.5 Å². The van der Waals surface area contributed by atoms with E-state index >= 15 is 0 Å². The highest BCUT2D eigenvalue weighted by Crippen LogP contribution is 2.23. The molecule has 20 heavy (non-hydrogen) atoms. The molecule has 0 aromatic heterocycles. The monoisotopic (exact) mass is 279 g/mol. The minimum Gasteiger partial charge on any atom is -0.497 e. The molecule has 1 aliphatic rings. The van der Waals surface area contributed by atoms with Gasteiger partial charge in [-0.25, -0.2) is 0 Å². The fourth-order valence-corrected chi connectivity index (χ4v) is 2.42. The topological polar surface area (TPSA) is 45.8 Å². The van der Waals surface area contributed by atoms with Crippen LogP contribution in [0.25, 0.3) is 0 Å². The fourth-order valence-electron chi connectivity index (χ4n) is 2.42. The number of nitrogens with one attached hydrogen (secondary N) is 2. The van der Waals surface area contributed by atoms with Gasteiger partial charge in [-0.1, -0.05) is 0 Å². The predicted molar refractivity (Wildman–Crippen MR) is 80.6 cm³/mol. The lowest BCUT2D eigenvalue weighted by Crippen LogP contribution is -2.45. The standard InChI is InChI=1S/C15H25N3O2/c1-19-14-3-4-15(20-2)13(11-14)12-17-7-10-18-8-5-16-6-9-18/h3-4,11,16-17H,5-10,12H2,1-2H3. The summed E-state index contributed by atoms with van der Waals surface area (Å²) in [6.45, 7) is 7.36. The van der Waals surface area contributed by atoms with E-state index in [-0.39, 0.29) is 0 Å². The first-order chi connectivity index (χ1) is 9.83. The maximum atomic E-state index is 5.38. The van der Waals surface area contributed by atoms with Crippen LogP contribution < -0.4 is 20.1 Å². The van der Waals surface area contributed by atoms with Crippen LogP contribution in [0.3, 0.4) is 0 Å². The van der Waals surface area contributed by atoms with Crippen LogP contribution in [0.5, 0.6) is 11.5 Å². The molecule has 1 aromatic carbocycles. The number of piperazine rings is 1. The number of nitrogens with zero attached hydrogens (tertiary/aromatic N) is 1. The Morgan fingerprint density at radius 1 is 1.20 bits per heavy atom. The van der Waals surface area contributed by atoms with Crippen molar-refractivity contribution in [2.45, 2.75) is 6.54 Å². The lowest BCUT2D eigenvalue weighted by Gasteiger charge is -2.27. The quantitative estimate of drug-likeness (QED) is 0.719. The van der Waals surface area contributed by atoms with Gasteiger partial charge in [0.25, 0.3) is 0 Å². The Morgan fingerprint density at radius 3 is 2.70 bits per heavy atom. The zero-order chi connectivity index (χ0) is 14.2. The molecule has 0 spiro atoms. The van der Waals surface area contributed by atoms with Gasteiger partial charge in [0.05, 0.1) is 14.2 Å². The van der Waals surface area contributed by atoms with Gasteiger partial charge in [-0.05, 0) is 18.2 Å². The van der Waals surface area contributed by atoms with E-state index in [0.717, 1.165) is 62.9 Å². The zero-order valence-corrected chi connectivity index (χ0v) is 12.4. The van der Waals surface area contributed by atoms with Crippen LogP contribution in [0.15, 0.2) is 18.2 Å². The molecule has 1 heterocycles. The molecule has 0 bridgehead atoms. The summed E-state index contributed by atoms with van der Waals surface area (Å²) in [6.07, 6.45) is 0. The Balaban J connectivity index is 1.77. The second-order valence-electron chi connectivity index (χ2n) is 4.95. The van der Waals surface area contributed by atoms with Crippen molar-refractivity contribution in [2.75, 3.05) is 53.5 Å². The normalized spacial score (nSPS) is 16.1. The second kappa shape index (κ2) is 8.09. The van der Waals surface area contributed by atoms with Crippen LogP contribution in [0.1, 0.15) is 5.56 Å². The Morgan fingerprint density at radius 2 is 2.00 bits per heavy atom. The van der Waals surface area contributed by atoms with Crippen molar-refractivity contribution < 1.29 is 9.47 Å². The molecule has 2 N–H and O–H groups in total. The molecular weight excluding hydrogens is 254 g/mol. The first-order valence-electron chi connectivity index (χ1n) is 7.18. The molecule has 0 atom stereocenters. The third kappa shape index (κ3) is 4.37. The molecule has 5 nitrogen and oxygen atoms in total. The van der Waals surface area contributed by atoms with Crippen molar-refractivity contribution in [1.29, 1.82) is 0 Å². The number of hydrogen-bond acceptors (Lipinski definition) is 5. The summed E-state index contributed by atoms with van der Waals surface area (Å²) in [5.41, 5.74) is 1.13. The van der Waals surface area contributed by atoms with E-state index in [4.69, 9.17) is 9.47 Å². The van der Waals surface area contributed by atoms with E-state index in [1.165, 1.54) is 0 Å². The maximum absolute atomic E-state index is 5.38. The van der Waals surface area contributed by atoms with E-state index in [1.807, 2.05) is 18.2 Å². The van der Waals surface area contributed by atoms with E-state index in [1.54, 1.807) is 14.2 Å².